The van der Waals surface area contributed by atoms with Crippen LogP contribution in [-0.2, 0) is 4.74 Å². The molecular formula is C25H51N6O2-. The van der Waals surface area contributed by atoms with Crippen molar-refractivity contribution in [1.82, 2.24) is 29.4 Å². The fourth-order valence-electron chi connectivity index (χ4n) is 5.19. The zero-order valence-electron chi connectivity index (χ0n) is 21.5. The van der Waals surface area contributed by atoms with Gasteiger partial charge >= 0.3 is 0 Å². The van der Waals surface area contributed by atoms with Gasteiger partial charge in [0.15, 0.2) is 0 Å². The summed E-state index contributed by atoms with van der Waals surface area (Å²) in [6.07, 6.45) is 4.60. The SMILES string of the molecule is CN1CCN(CCCCN2CCN(CCOCCCN3CCN(CCC[O-])CC3)CC2)CC1. The minimum absolute atomic E-state index is 0.0602. The van der Waals surface area contributed by atoms with Crippen LogP contribution in [-0.4, -0.2) is 168 Å². The molecular weight excluding hydrogens is 416 g/mol. The quantitative estimate of drug-likeness (QED) is 0.296. The zero-order chi connectivity index (χ0) is 23.1. The molecule has 0 aromatic rings. The Morgan fingerprint density at radius 2 is 0.879 bits per heavy atom. The highest BCUT2D eigenvalue weighted by Gasteiger charge is 2.18. The summed E-state index contributed by atoms with van der Waals surface area (Å²) >= 11 is 0. The Kier molecular flexibility index (Phi) is 13.5. The second kappa shape index (κ2) is 16.4. The molecule has 8 heteroatoms. The molecule has 33 heavy (non-hydrogen) atoms. The molecule has 3 saturated heterocycles. The van der Waals surface area contributed by atoms with Gasteiger partial charge in [-0.15, -0.1) is 6.61 Å². The summed E-state index contributed by atoms with van der Waals surface area (Å²) in [6, 6.07) is 0. The Morgan fingerprint density at radius 3 is 1.36 bits per heavy atom. The Labute approximate surface area is 203 Å². The number of piperazine rings is 3. The largest absolute Gasteiger partial charge is 0.854 e. The standard InChI is InChI=1S/C25H51N6O2/c1-26-10-12-27(13-11-26)6-2-3-7-28-18-20-31(21-19-28)22-25-33-24-5-9-30-16-14-29(15-17-30)8-4-23-32/h2-25H2,1H3/q-1. The Balaban J connectivity index is 1.09. The second-order valence-corrected chi connectivity index (χ2v) is 10.2. The third-order valence-electron chi connectivity index (χ3n) is 7.66. The lowest BCUT2D eigenvalue weighted by molar-refractivity contribution is -0.368. The number of hydrogen-bond acceptors (Lipinski definition) is 8. The first-order valence-electron chi connectivity index (χ1n) is 13.7. The van der Waals surface area contributed by atoms with E-state index >= 15 is 0 Å². The molecule has 8 nitrogen and oxygen atoms in total. The number of rotatable bonds is 15. The summed E-state index contributed by atoms with van der Waals surface area (Å²) in [4.78, 5) is 15.3. The minimum Gasteiger partial charge on any atom is -0.854 e. The summed E-state index contributed by atoms with van der Waals surface area (Å²) in [7, 11) is 2.23. The van der Waals surface area contributed by atoms with Crippen LogP contribution >= 0.6 is 0 Å². The van der Waals surface area contributed by atoms with Crippen molar-refractivity contribution < 1.29 is 9.84 Å². The average molecular weight is 468 g/mol. The highest BCUT2D eigenvalue weighted by molar-refractivity contribution is 4.74. The number of unbranched alkanes of at least 4 members (excludes halogenated alkanes) is 1. The van der Waals surface area contributed by atoms with Crippen LogP contribution in [0.2, 0.25) is 0 Å². The van der Waals surface area contributed by atoms with E-state index in [-0.39, 0.29) is 6.61 Å². The van der Waals surface area contributed by atoms with E-state index in [1.54, 1.807) is 0 Å². The lowest BCUT2D eigenvalue weighted by Gasteiger charge is -2.35. The lowest BCUT2D eigenvalue weighted by Crippen LogP contribution is -2.47. The zero-order valence-corrected chi connectivity index (χ0v) is 21.5. The maximum atomic E-state index is 10.6. The summed E-state index contributed by atoms with van der Waals surface area (Å²) in [5.74, 6) is 0. The molecule has 3 rings (SSSR count). The number of ether oxygens (including phenoxy) is 1. The Bertz CT molecular complexity index is 476. The first-order valence-corrected chi connectivity index (χ1v) is 13.7. The van der Waals surface area contributed by atoms with Crippen LogP contribution in [0.1, 0.15) is 25.7 Å². The second-order valence-electron chi connectivity index (χ2n) is 10.2. The number of hydrogen-bond donors (Lipinski definition) is 0. The molecule has 0 atom stereocenters. The molecule has 0 aromatic heterocycles. The molecule has 0 aromatic carbocycles. The molecule has 3 heterocycles. The van der Waals surface area contributed by atoms with Crippen LogP contribution in [0.15, 0.2) is 0 Å². The van der Waals surface area contributed by atoms with E-state index in [0.717, 1.165) is 71.9 Å². The van der Waals surface area contributed by atoms with Gasteiger partial charge < -0.3 is 34.3 Å². The van der Waals surface area contributed by atoms with Crippen molar-refractivity contribution in [2.24, 2.45) is 0 Å². The first-order chi connectivity index (χ1) is 16.2. The Hall–Kier alpha value is -0.320. The normalized spacial score (nSPS) is 23.5. The minimum atomic E-state index is 0.0602. The molecule has 3 aliphatic heterocycles. The monoisotopic (exact) mass is 467 g/mol. The van der Waals surface area contributed by atoms with Gasteiger partial charge in [0.2, 0.25) is 0 Å². The molecule has 194 valence electrons. The summed E-state index contributed by atoms with van der Waals surface area (Å²) in [5.41, 5.74) is 0. The van der Waals surface area contributed by atoms with Gasteiger partial charge in [0.05, 0.1) is 6.61 Å². The van der Waals surface area contributed by atoms with Gasteiger partial charge in [0.1, 0.15) is 0 Å². The van der Waals surface area contributed by atoms with Gasteiger partial charge in [-0.25, -0.2) is 0 Å². The molecule has 0 saturated carbocycles. The van der Waals surface area contributed by atoms with E-state index in [1.807, 2.05) is 0 Å². The van der Waals surface area contributed by atoms with E-state index in [4.69, 9.17) is 4.74 Å². The Morgan fingerprint density at radius 1 is 0.485 bits per heavy atom. The highest BCUT2D eigenvalue weighted by atomic mass is 16.5. The van der Waals surface area contributed by atoms with Gasteiger partial charge in [0, 0.05) is 98.2 Å². The van der Waals surface area contributed by atoms with E-state index < -0.39 is 0 Å². The fourth-order valence-corrected chi connectivity index (χ4v) is 5.19. The summed E-state index contributed by atoms with van der Waals surface area (Å²) < 4.78 is 5.94. The van der Waals surface area contributed by atoms with Crippen molar-refractivity contribution in [3.05, 3.63) is 0 Å². The van der Waals surface area contributed by atoms with Gasteiger partial charge in [-0.2, -0.15) is 0 Å². The molecule has 0 spiro atoms. The highest BCUT2D eigenvalue weighted by Crippen LogP contribution is 2.06. The van der Waals surface area contributed by atoms with Crippen LogP contribution < -0.4 is 5.11 Å². The van der Waals surface area contributed by atoms with Crippen molar-refractivity contribution >= 4 is 0 Å². The van der Waals surface area contributed by atoms with Gasteiger partial charge in [-0.3, -0.25) is 4.90 Å². The first kappa shape index (κ1) is 27.3. The molecule has 3 fully saturated rings. The van der Waals surface area contributed by atoms with Crippen LogP contribution in [0.5, 0.6) is 0 Å². The number of nitrogens with zero attached hydrogens (tertiary/aromatic N) is 6. The fraction of sp³-hybridized carbons (Fsp3) is 1.00. The van der Waals surface area contributed by atoms with E-state index in [9.17, 15) is 5.11 Å². The van der Waals surface area contributed by atoms with Crippen molar-refractivity contribution in [1.29, 1.82) is 0 Å². The van der Waals surface area contributed by atoms with Crippen LogP contribution in [0.4, 0.5) is 0 Å². The average Bonchev–Trinajstić information content (AvgIpc) is 2.85. The van der Waals surface area contributed by atoms with Crippen molar-refractivity contribution in [2.75, 3.05) is 138 Å². The smallest absolute Gasteiger partial charge is 0.0593 e. The van der Waals surface area contributed by atoms with E-state index in [1.165, 1.54) is 78.3 Å². The molecule has 0 radical (unpaired) electrons. The van der Waals surface area contributed by atoms with Gasteiger partial charge in [0.25, 0.3) is 0 Å². The third kappa shape index (κ3) is 11.3. The van der Waals surface area contributed by atoms with Crippen molar-refractivity contribution in [2.45, 2.75) is 25.7 Å². The summed E-state index contributed by atoms with van der Waals surface area (Å²) in [5, 5.41) is 10.6. The van der Waals surface area contributed by atoms with Crippen molar-refractivity contribution in [3.63, 3.8) is 0 Å². The molecule has 0 aliphatic carbocycles. The molecule has 0 N–H and O–H groups in total. The lowest BCUT2D eigenvalue weighted by atomic mass is 10.2. The number of likely N-dealkylation sites (N-methyl/N-ethyl adjacent to an activating group) is 1. The maximum Gasteiger partial charge on any atom is 0.0593 e. The molecule has 0 unspecified atom stereocenters. The van der Waals surface area contributed by atoms with E-state index in [0.29, 0.717) is 0 Å². The molecule has 3 aliphatic rings. The summed E-state index contributed by atoms with van der Waals surface area (Å²) in [6.45, 7) is 21.8. The molecule has 0 amide bonds. The van der Waals surface area contributed by atoms with Gasteiger partial charge in [-0.05, 0) is 45.9 Å². The topological polar surface area (TPSA) is 51.7 Å². The molecule has 0 bridgehead atoms. The van der Waals surface area contributed by atoms with Crippen LogP contribution in [0, 0.1) is 0 Å². The third-order valence-corrected chi connectivity index (χ3v) is 7.66. The van der Waals surface area contributed by atoms with E-state index in [2.05, 4.69) is 36.4 Å². The maximum absolute atomic E-state index is 10.6. The van der Waals surface area contributed by atoms with Crippen LogP contribution in [0.3, 0.4) is 0 Å². The predicted molar refractivity (Wildman–Crippen MR) is 134 cm³/mol. The van der Waals surface area contributed by atoms with Gasteiger partial charge in [-0.1, -0.05) is 6.42 Å². The van der Waals surface area contributed by atoms with Crippen LogP contribution in [0.25, 0.3) is 0 Å². The van der Waals surface area contributed by atoms with Crippen molar-refractivity contribution in [3.8, 4) is 0 Å². The predicted octanol–water partition coefficient (Wildman–Crippen LogP) is -0.594.